The van der Waals surface area contributed by atoms with Crippen LogP contribution in [0, 0.1) is 0 Å². The second-order valence-corrected chi connectivity index (χ2v) is 10.9. The molecule has 1 heterocycles. The number of sulfonamides is 2. The zero-order chi connectivity index (χ0) is 22.8. The Bertz CT molecular complexity index is 1200. The van der Waals surface area contributed by atoms with E-state index in [1.807, 2.05) is 4.72 Å². The van der Waals surface area contributed by atoms with Gasteiger partial charge in [0.2, 0.25) is 21.8 Å². The molecule has 2 amide bonds. The highest BCUT2D eigenvalue weighted by Gasteiger charge is 2.39. The van der Waals surface area contributed by atoms with Gasteiger partial charge in [0.1, 0.15) is 6.04 Å². The number of hydrogen-bond donors (Lipinski definition) is 2. The van der Waals surface area contributed by atoms with E-state index in [-0.39, 0.29) is 16.3 Å². The van der Waals surface area contributed by atoms with Crippen LogP contribution in [0.3, 0.4) is 0 Å². The highest BCUT2D eigenvalue weighted by atomic mass is 35.5. The van der Waals surface area contributed by atoms with Crippen molar-refractivity contribution < 1.29 is 26.4 Å². The van der Waals surface area contributed by atoms with Gasteiger partial charge in [0, 0.05) is 24.2 Å². The summed E-state index contributed by atoms with van der Waals surface area (Å²) in [7, 11) is -7.88. The Balaban J connectivity index is 1.75. The van der Waals surface area contributed by atoms with Gasteiger partial charge in [-0.3, -0.25) is 9.59 Å². The first-order valence-corrected chi connectivity index (χ1v) is 12.5. The Kier molecular flexibility index (Phi) is 6.70. The van der Waals surface area contributed by atoms with Crippen molar-refractivity contribution in [1.82, 2.24) is 9.03 Å². The molecule has 1 aliphatic heterocycles. The molecule has 166 valence electrons. The van der Waals surface area contributed by atoms with Crippen LogP contribution in [0.15, 0.2) is 58.3 Å². The molecule has 1 saturated heterocycles. The Morgan fingerprint density at radius 3 is 2.13 bits per heavy atom. The number of rotatable bonds is 6. The molecule has 0 radical (unpaired) electrons. The normalized spacial score (nSPS) is 17.3. The maximum atomic E-state index is 13.0. The first kappa shape index (κ1) is 23.2. The zero-order valence-corrected chi connectivity index (χ0v) is 18.8. The lowest BCUT2D eigenvalue weighted by atomic mass is 10.2. The first-order chi connectivity index (χ1) is 14.5. The van der Waals surface area contributed by atoms with Gasteiger partial charge in [0.05, 0.1) is 9.79 Å². The van der Waals surface area contributed by atoms with Crippen molar-refractivity contribution >= 4 is 49.1 Å². The summed E-state index contributed by atoms with van der Waals surface area (Å²) >= 11 is 5.82. The standard InChI is InChI=1S/C19H20ClN3O6S2/c1-13(24)22-30(26,27)16-10-6-15(7-11-16)21-19(25)18-3-2-12-23(18)31(28,29)17-8-4-14(20)5-9-17/h4-11,18H,2-3,12H2,1H3,(H,21,25)(H,22,24)/t18-/m0/s1. The Morgan fingerprint density at radius 2 is 1.55 bits per heavy atom. The van der Waals surface area contributed by atoms with Gasteiger partial charge in [0.15, 0.2) is 0 Å². The van der Waals surface area contributed by atoms with E-state index in [9.17, 15) is 26.4 Å². The van der Waals surface area contributed by atoms with Crippen molar-refractivity contribution in [3.63, 3.8) is 0 Å². The Hall–Kier alpha value is -2.47. The lowest BCUT2D eigenvalue weighted by Crippen LogP contribution is -2.43. The molecule has 3 rings (SSSR count). The molecule has 0 unspecified atom stereocenters. The van der Waals surface area contributed by atoms with E-state index >= 15 is 0 Å². The van der Waals surface area contributed by atoms with Gasteiger partial charge in [-0.05, 0) is 61.4 Å². The van der Waals surface area contributed by atoms with Crippen LogP contribution in [0.1, 0.15) is 19.8 Å². The average molecular weight is 486 g/mol. The summed E-state index contributed by atoms with van der Waals surface area (Å²) in [6, 6.07) is 10.0. The molecule has 2 N–H and O–H groups in total. The van der Waals surface area contributed by atoms with Gasteiger partial charge in [-0.1, -0.05) is 11.6 Å². The van der Waals surface area contributed by atoms with Gasteiger partial charge in [0.25, 0.3) is 10.0 Å². The van der Waals surface area contributed by atoms with Crippen molar-refractivity contribution in [2.45, 2.75) is 35.6 Å². The lowest BCUT2D eigenvalue weighted by Gasteiger charge is -2.23. The quantitative estimate of drug-likeness (QED) is 0.643. The maximum Gasteiger partial charge on any atom is 0.264 e. The molecular formula is C19H20ClN3O6S2. The summed E-state index contributed by atoms with van der Waals surface area (Å²) in [6.07, 6.45) is 0.881. The van der Waals surface area contributed by atoms with Crippen LogP contribution in [-0.4, -0.2) is 45.5 Å². The number of halogens is 1. The van der Waals surface area contributed by atoms with E-state index in [4.69, 9.17) is 11.6 Å². The van der Waals surface area contributed by atoms with Gasteiger partial charge in [-0.25, -0.2) is 21.6 Å². The molecule has 31 heavy (non-hydrogen) atoms. The molecule has 0 saturated carbocycles. The molecule has 0 bridgehead atoms. The third-order valence-electron chi connectivity index (χ3n) is 4.64. The highest BCUT2D eigenvalue weighted by molar-refractivity contribution is 7.90. The fourth-order valence-electron chi connectivity index (χ4n) is 3.22. The molecule has 1 fully saturated rings. The summed E-state index contributed by atoms with van der Waals surface area (Å²) in [6.45, 7) is 1.29. The monoisotopic (exact) mass is 485 g/mol. The second kappa shape index (κ2) is 8.95. The van der Waals surface area contributed by atoms with Crippen molar-refractivity contribution in [2.75, 3.05) is 11.9 Å². The molecule has 0 spiro atoms. The third kappa shape index (κ3) is 5.24. The summed E-state index contributed by atoms with van der Waals surface area (Å²) in [5.74, 6) is -1.24. The molecule has 0 aliphatic carbocycles. The van der Waals surface area contributed by atoms with E-state index in [0.717, 1.165) is 11.2 Å². The van der Waals surface area contributed by atoms with Crippen molar-refractivity contribution in [3.8, 4) is 0 Å². The second-order valence-electron chi connectivity index (χ2n) is 6.90. The largest absolute Gasteiger partial charge is 0.325 e. The molecule has 0 aromatic heterocycles. The molecule has 9 nitrogen and oxygen atoms in total. The first-order valence-electron chi connectivity index (χ1n) is 9.22. The van der Waals surface area contributed by atoms with Crippen LogP contribution in [0.4, 0.5) is 5.69 Å². The molecule has 12 heteroatoms. The van der Waals surface area contributed by atoms with Crippen molar-refractivity contribution in [3.05, 3.63) is 53.6 Å². The van der Waals surface area contributed by atoms with Crippen LogP contribution in [-0.2, 0) is 29.6 Å². The summed E-state index contributed by atoms with van der Waals surface area (Å²) in [5, 5.41) is 3.02. The minimum Gasteiger partial charge on any atom is -0.325 e. The number of carbonyl (C=O) groups excluding carboxylic acids is 2. The van der Waals surface area contributed by atoms with Gasteiger partial charge < -0.3 is 5.32 Å². The number of nitrogens with one attached hydrogen (secondary N) is 2. The minimum atomic E-state index is -3.99. The predicted octanol–water partition coefficient (Wildman–Crippen LogP) is 1.96. The predicted molar refractivity (Wildman–Crippen MR) is 114 cm³/mol. The van der Waals surface area contributed by atoms with Crippen molar-refractivity contribution in [2.24, 2.45) is 0 Å². The Labute approximate surface area is 185 Å². The van der Waals surface area contributed by atoms with E-state index < -0.39 is 37.9 Å². The van der Waals surface area contributed by atoms with Crippen LogP contribution in [0.5, 0.6) is 0 Å². The molecule has 2 aromatic carbocycles. The minimum absolute atomic E-state index is 0.0455. The third-order valence-corrected chi connectivity index (χ3v) is 8.26. The maximum absolute atomic E-state index is 13.0. The van der Waals surface area contributed by atoms with Crippen LogP contribution in [0.2, 0.25) is 5.02 Å². The summed E-state index contributed by atoms with van der Waals surface area (Å²) in [4.78, 5) is 23.7. The number of benzene rings is 2. The number of hydrogen-bond acceptors (Lipinski definition) is 6. The van der Waals surface area contributed by atoms with Crippen LogP contribution in [0.25, 0.3) is 0 Å². The number of carbonyl (C=O) groups is 2. The fourth-order valence-corrected chi connectivity index (χ4v) is 6.00. The van der Waals surface area contributed by atoms with Gasteiger partial charge in [-0.2, -0.15) is 4.31 Å². The van der Waals surface area contributed by atoms with Gasteiger partial charge >= 0.3 is 0 Å². The SMILES string of the molecule is CC(=O)NS(=O)(=O)c1ccc(NC(=O)[C@@H]2CCCN2S(=O)(=O)c2ccc(Cl)cc2)cc1. The lowest BCUT2D eigenvalue weighted by molar-refractivity contribution is -0.119. The fraction of sp³-hybridized carbons (Fsp3) is 0.263. The molecule has 1 atom stereocenters. The highest BCUT2D eigenvalue weighted by Crippen LogP contribution is 2.28. The summed E-state index contributed by atoms with van der Waals surface area (Å²) in [5.41, 5.74) is 0.294. The Morgan fingerprint density at radius 1 is 0.968 bits per heavy atom. The van der Waals surface area contributed by atoms with Crippen molar-refractivity contribution in [1.29, 1.82) is 0 Å². The average Bonchev–Trinajstić information content (AvgIpc) is 3.19. The van der Waals surface area contributed by atoms with E-state index in [2.05, 4.69) is 5.32 Å². The molecule has 2 aromatic rings. The molecule has 1 aliphatic rings. The van der Waals surface area contributed by atoms with E-state index in [1.165, 1.54) is 48.5 Å². The zero-order valence-electron chi connectivity index (χ0n) is 16.4. The van der Waals surface area contributed by atoms with E-state index in [1.54, 1.807) is 0 Å². The molecular weight excluding hydrogens is 466 g/mol. The van der Waals surface area contributed by atoms with E-state index in [0.29, 0.717) is 23.6 Å². The number of amides is 2. The summed E-state index contributed by atoms with van der Waals surface area (Å²) < 4.78 is 52.9. The topological polar surface area (TPSA) is 130 Å². The van der Waals surface area contributed by atoms with Gasteiger partial charge in [-0.15, -0.1) is 0 Å². The number of anilines is 1. The van der Waals surface area contributed by atoms with Crippen LogP contribution < -0.4 is 10.0 Å². The number of nitrogens with zero attached hydrogens (tertiary/aromatic N) is 1. The van der Waals surface area contributed by atoms with Crippen LogP contribution >= 0.6 is 11.6 Å². The smallest absolute Gasteiger partial charge is 0.264 e.